The van der Waals surface area contributed by atoms with Gasteiger partial charge in [-0.05, 0) is 83.1 Å². The minimum atomic E-state index is -4.45. The fourth-order valence-corrected chi connectivity index (χ4v) is 10.1. The van der Waals surface area contributed by atoms with Crippen LogP contribution < -0.4 is 5.32 Å². The summed E-state index contributed by atoms with van der Waals surface area (Å²) in [5.41, 5.74) is 0. The lowest BCUT2D eigenvalue weighted by atomic mass is 10.0. The van der Waals surface area contributed by atoms with Crippen LogP contribution in [-0.4, -0.2) is 74.3 Å². The highest BCUT2D eigenvalue weighted by atomic mass is 31.2. The van der Waals surface area contributed by atoms with E-state index in [0.29, 0.717) is 17.4 Å². The fourth-order valence-electron chi connectivity index (χ4n) is 9.34. The SMILES string of the molecule is CCCCCC/C=C\CCCCCCCCCC(=O)OC(/C=C\CCCCCCCCCCCC)C(COP(=O)(O)OCC[N+](C)(C)C)NC(=O)CCCCCCCCCCCCC/C=C/CCCCCCCC. The van der Waals surface area contributed by atoms with E-state index in [9.17, 15) is 19.0 Å². The first-order valence-corrected chi connectivity index (χ1v) is 33.3. The maximum Gasteiger partial charge on any atom is 0.472 e. The van der Waals surface area contributed by atoms with Gasteiger partial charge in [0.2, 0.25) is 5.91 Å². The average molecular weight is 1060 g/mol. The monoisotopic (exact) mass is 1060 g/mol. The number of hydrogen-bond acceptors (Lipinski definition) is 6. The summed E-state index contributed by atoms with van der Waals surface area (Å²) in [7, 11) is 1.50. The number of carbonyl (C=O) groups excluding carboxylic acids is 2. The number of ether oxygens (including phenoxy) is 1. The van der Waals surface area contributed by atoms with Gasteiger partial charge in [-0.25, -0.2) is 4.57 Å². The van der Waals surface area contributed by atoms with Crippen LogP contribution in [0.15, 0.2) is 36.5 Å². The highest BCUT2D eigenvalue weighted by Gasteiger charge is 2.30. The fraction of sp³-hybridized carbons (Fsp3) is 0.875. The molecule has 9 nitrogen and oxygen atoms in total. The molecule has 0 aliphatic heterocycles. The van der Waals surface area contributed by atoms with Crippen LogP contribution in [0.1, 0.15) is 310 Å². The van der Waals surface area contributed by atoms with E-state index in [1.807, 2.05) is 33.3 Å². The Morgan fingerprint density at radius 1 is 0.459 bits per heavy atom. The molecule has 0 aromatic heterocycles. The van der Waals surface area contributed by atoms with E-state index < -0.39 is 20.0 Å². The number of allylic oxidation sites excluding steroid dienone is 5. The Morgan fingerprint density at radius 3 is 1.16 bits per heavy atom. The zero-order valence-electron chi connectivity index (χ0n) is 49.9. The second-order valence-electron chi connectivity index (χ2n) is 22.9. The van der Waals surface area contributed by atoms with Crippen molar-refractivity contribution >= 4 is 19.7 Å². The Bertz CT molecular complexity index is 1360. The van der Waals surface area contributed by atoms with Gasteiger partial charge in [0.25, 0.3) is 0 Å². The van der Waals surface area contributed by atoms with E-state index in [0.717, 1.165) is 57.8 Å². The van der Waals surface area contributed by atoms with Crippen molar-refractivity contribution in [2.75, 3.05) is 40.9 Å². The molecule has 0 spiro atoms. The Balaban J connectivity index is 5.18. The lowest BCUT2D eigenvalue weighted by Crippen LogP contribution is -2.47. The van der Waals surface area contributed by atoms with Crippen molar-refractivity contribution in [3.8, 4) is 0 Å². The second kappa shape index (κ2) is 54.6. The molecule has 74 heavy (non-hydrogen) atoms. The zero-order valence-corrected chi connectivity index (χ0v) is 50.7. The summed E-state index contributed by atoms with van der Waals surface area (Å²) in [5.74, 6) is -0.499. The number of esters is 1. The molecule has 0 fully saturated rings. The lowest BCUT2D eigenvalue weighted by Gasteiger charge is -2.27. The van der Waals surface area contributed by atoms with E-state index in [1.54, 1.807) is 0 Å². The molecule has 2 N–H and O–H groups in total. The largest absolute Gasteiger partial charge is 0.472 e. The van der Waals surface area contributed by atoms with Crippen LogP contribution in [0.25, 0.3) is 0 Å². The molecule has 3 unspecified atom stereocenters. The molecule has 10 heteroatoms. The number of quaternary nitrogens is 1. The normalized spacial score (nSPS) is 13.9. The molecule has 436 valence electrons. The molecule has 0 aromatic carbocycles. The molecule has 0 radical (unpaired) electrons. The van der Waals surface area contributed by atoms with Gasteiger partial charge in [-0.3, -0.25) is 18.6 Å². The van der Waals surface area contributed by atoms with E-state index in [2.05, 4.69) is 50.4 Å². The highest BCUT2D eigenvalue weighted by Crippen LogP contribution is 2.43. The first-order chi connectivity index (χ1) is 35.9. The Morgan fingerprint density at radius 2 is 0.784 bits per heavy atom. The lowest BCUT2D eigenvalue weighted by molar-refractivity contribution is -0.870. The molecular formula is C64H124N2O7P+. The Labute approximate surface area is 459 Å². The van der Waals surface area contributed by atoms with Crippen LogP contribution in [0.3, 0.4) is 0 Å². The van der Waals surface area contributed by atoms with Crippen molar-refractivity contribution in [3.63, 3.8) is 0 Å². The molecule has 0 aliphatic carbocycles. The Kier molecular flexibility index (Phi) is 53.3. The molecule has 0 saturated heterocycles. The van der Waals surface area contributed by atoms with Crippen LogP contribution in [-0.2, 0) is 27.9 Å². The quantitative estimate of drug-likeness (QED) is 0.0205. The van der Waals surface area contributed by atoms with Gasteiger partial charge in [0.15, 0.2) is 0 Å². The first kappa shape index (κ1) is 72.2. The maximum absolute atomic E-state index is 13.6. The number of nitrogens with one attached hydrogen (secondary N) is 1. The maximum atomic E-state index is 13.6. The van der Waals surface area contributed by atoms with Gasteiger partial charge < -0.3 is 19.4 Å². The molecule has 0 bridgehead atoms. The third-order valence-electron chi connectivity index (χ3n) is 14.3. The summed E-state index contributed by atoms with van der Waals surface area (Å²) in [4.78, 5) is 37.7. The number of unbranched alkanes of at least 4 members (excludes halogenated alkanes) is 38. The first-order valence-electron chi connectivity index (χ1n) is 31.8. The summed E-state index contributed by atoms with van der Waals surface area (Å²) in [6, 6.07) is -0.847. The van der Waals surface area contributed by atoms with E-state index in [-0.39, 0.29) is 31.5 Å². The minimum Gasteiger partial charge on any atom is -0.456 e. The third-order valence-corrected chi connectivity index (χ3v) is 15.3. The molecule has 1 amide bonds. The van der Waals surface area contributed by atoms with Gasteiger partial charge in [0.1, 0.15) is 19.3 Å². The van der Waals surface area contributed by atoms with Gasteiger partial charge in [0, 0.05) is 12.8 Å². The van der Waals surface area contributed by atoms with E-state index in [4.69, 9.17) is 13.8 Å². The molecular weight excluding hydrogens is 940 g/mol. The van der Waals surface area contributed by atoms with E-state index >= 15 is 0 Å². The van der Waals surface area contributed by atoms with Crippen molar-refractivity contribution in [2.24, 2.45) is 0 Å². The number of nitrogens with zero attached hydrogens (tertiary/aromatic N) is 1. The molecule has 0 aromatic rings. The molecule has 3 atom stereocenters. The molecule has 0 saturated carbocycles. The van der Waals surface area contributed by atoms with Gasteiger partial charge >= 0.3 is 13.8 Å². The minimum absolute atomic E-state index is 0.0412. The predicted octanol–water partition coefficient (Wildman–Crippen LogP) is 19.5. The standard InChI is InChI=1S/C64H123N2O7P/c1-7-10-13-16-19-22-25-28-30-31-32-33-34-35-37-38-41-44-47-50-53-56-63(67)65-61(60-72-74(69,70)71-59-58-66(4,5)6)62(55-52-49-46-43-40-27-24-21-18-15-12-9-3)73-64(68)57-54-51-48-45-42-39-36-29-26-23-20-17-14-11-8-2/h23,26,28,30,52,55,61-62H,7-22,24-25,27,29,31-51,53-54,56-60H2,1-6H3,(H-,65,67,69,70)/p+1/b26-23-,30-28+,55-52-. The van der Waals surface area contributed by atoms with Crippen molar-refractivity contribution in [3.05, 3.63) is 36.5 Å². The number of likely N-dealkylation sites (N-methyl/N-ethyl adjacent to an activating group) is 1. The summed E-state index contributed by atoms with van der Waals surface area (Å²) in [6.07, 6.45) is 65.6. The number of hydrogen-bond donors (Lipinski definition) is 2. The third kappa shape index (κ3) is 55.0. The zero-order chi connectivity index (χ0) is 54.3. The number of rotatable bonds is 58. The molecule has 0 aliphatic rings. The number of amides is 1. The smallest absolute Gasteiger partial charge is 0.456 e. The van der Waals surface area contributed by atoms with Crippen LogP contribution >= 0.6 is 7.82 Å². The number of phosphoric acid groups is 1. The van der Waals surface area contributed by atoms with Crippen LogP contribution in [0.2, 0.25) is 0 Å². The average Bonchev–Trinajstić information content (AvgIpc) is 3.36. The molecule has 0 rings (SSSR count). The summed E-state index contributed by atoms with van der Waals surface area (Å²) >= 11 is 0. The summed E-state index contributed by atoms with van der Waals surface area (Å²) < 4.78 is 30.7. The van der Waals surface area contributed by atoms with Gasteiger partial charge in [-0.15, -0.1) is 0 Å². The van der Waals surface area contributed by atoms with Crippen LogP contribution in [0.5, 0.6) is 0 Å². The highest BCUT2D eigenvalue weighted by molar-refractivity contribution is 7.47. The van der Waals surface area contributed by atoms with Gasteiger partial charge in [-0.1, -0.05) is 250 Å². The summed E-state index contributed by atoms with van der Waals surface area (Å²) in [5, 5.41) is 3.06. The molecule has 0 heterocycles. The number of carbonyl (C=O) groups is 2. The Hall–Kier alpha value is -1.77. The second-order valence-corrected chi connectivity index (χ2v) is 24.4. The van der Waals surface area contributed by atoms with Crippen molar-refractivity contribution < 1.29 is 37.3 Å². The van der Waals surface area contributed by atoms with Crippen LogP contribution in [0, 0.1) is 0 Å². The predicted molar refractivity (Wildman–Crippen MR) is 319 cm³/mol. The van der Waals surface area contributed by atoms with Crippen LogP contribution in [0.4, 0.5) is 0 Å². The van der Waals surface area contributed by atoms with Crippen molar-refractivity contribution in [2.45, 2.75) is 322 Å². The summed E-state index contributed by atoms with van der Waals surface area (Å²) in [6.45, 7) is 7.02. The van der Waals surface area contributed by atoms with Gasteiger partial charge in [-0.2, -0.15) is 0 Å². The topological polar surface area (TPSA) is 111 Å². The van der Waals surface area contributed by atoms with Crippen molar-refractivity contribution in [1.82, 2.24) is 5.32 Å². The number of phosphoric ester groups is 1. The van der Waals surface area contributed by atoms with Crippen molar-refractivity contribution in [1.29, 1.82) is 0 Å². The van der Waals surface area contributed by atoms with Gasteiger partial charge in [0.05, 0.1) is 33.8 Å². The van der Waals surface area contributed by atoms with E-state index in [1.165, 1.54) is 218 Å².